The molecule has 2 aromatic heterocycles. The number of morpholine rings is 1. The zero-order valence-corrected chi connectivity index (χ0v) is 14.5. The first-order chi connectivity index (χ1) is 12.9. The predicted octanol–water partition coefficient (Wildman–Crippen LogP) is 2.19. The molecular formula is C17H19F3N6O. The second-order valence-electron chi connectivity index (χ2n) is 6.48. The third-order valence-electron chi connectivity index (χ3n) is 4.64. The number of hydrogen-bond donors (Lipinski definition) is 1. The monoisotopic (exact) mass is 380 g/mol. The maximum atomic E-state index is 13.5. The number of nitrogen functional groups attached to an aromatic ring is 1. The quantitative estimate of drug-likeness (QED) is 0.874. The van der Waals surface area contributed by atoms with Gasteiger partial charge in [-0.05, 0) is 18.6 Å². The molecule has 0 aliphatic carbocycles. The molecule has 0 spiro atoms. The van der Waals surface area contributed by atoms with Gasteiger partial charge in [-0.15, -0.1) is 0 Å². The van der Waals surface area contributed by atoms with Gasteiger partial charge in [0.2, 0.25) is 5.95 Å². The number of anilines is 3. The van der Waals surface area contributed by atoms with Crippen LogP contribution in [0.5, 0.6) is 0 Å². The number of rotatable bonds is 3. The average Bonchev–Trinajstić information content (AvgIpc) is 2.60. The SMILES string of the molecule is Nc1ccc(-c2cc(N3CCC3)nc(N3CCOCC3)n2)c(C(F)(F)F)n1. The van der Waals surface area contributed by atoms with Crippen molar-refractivity contribution in [2.75, 3.05) is 54.9 Å². The van der Waals surface area contributed by atoms with E-state index in [4.69, 9.17) is 10.5 Å². The lowest BCUT2D eigenvalue weighted by atomic mass is 10.1. The first-order valence-electron chi connectivity index (χ1n) is 8.72. The Hall–Kier alpha value is -2.62. The first kappa shape index (κ1) is 17.8. The Morgan fingerprint density at radius 3 is 2.33 bits per heavy atom. The molecule has 2 aliphatic heterocycles. The van der Waals surface area contributed by atoms with Crippen molar-refractivity contribution < 1.29 is 17.9 Å². The summed E-state index contributed by atoms with van der Waals surface area (Å²) < 4.78 is 45.9. The van der Waals surface area contributed by atoms with E-state index in [-0.39, 0.29) is 17.1 Å². The molecule has 0 saturated carbocycles. The molecular weight excluding hydrogens is 361 g/mol. The lowest BCUT2D eigenvalue weighted by Gasteiger charge is -2.34. The summed E-state index contributed by atoms with van der Waals surface area (Å²) in [6.45, 7) is 3.90. The van der Waals surface area contributed by atoms with E-state index >= 15 is 0 Å². The van der Waals surface area contributed by atoms with Gasteiger partial charge in [0.15, 0.2) is 5.69 Å². The van der Waals surface area contributed by atoms with Gasteiger partial charge in [-0.25, -0.2) is 9.97 Å². The maximum absolute atomic E-state index is 13.5. The Morgan fingerprint density at radius 1 is 0.963 bits per heavy atom. The lowest BCUT2D eigenvalue weighted by molar-refractivity contribution is -0.140. The highest BCUT2D eigenvalue weighted by molar-refractivity contribution is 5.69. The van der Waals surface area contributed by atoms with Gasteiger partial charge in [-0.2, -0.15) is 18.2 Å². The van der Waals surface area contributed by atoms with Crippen LogP contribution >= 0.6 is 0 Å². The Balaban J connectivity index is 1.82. The van der Waals surface area contributed by atoms with E-state index in [2.05, 4.69) is 15.0 Å². The van der Waals surface area contributed by atoms with Crippen LogP contribution in [0.4, 0.5) is 30.8 Å². The van der Waals surface area contributed by atoms with Gasteiger partial charge < -0.3 is 20.3 Å². The largest absolute Gasteiger partial charge is 0.434 e. The highest BCUT2D eigenvalue weighted by Gasteiger charge is 2.37. The van der Waals surface area contributed by atoms with Crippen molar-refractivity contribution in [3.63, 3.8) is 0 Å². The fourth-order valence-corrected chi connectivity index (χ4v) is 3.07. The Labute approximate surface area is 154 Å². The Bertz CT molecular complexity index is 834. The Morgan fingerprint density at radius 2 is 1.70 bits per heavy atom. The van der Waals surface area contributed by atoms with Crippen LogP contribution in [0, 0.1) is 0 Å². The van der Waals surface area contributed by atoms with Crippen molar-refractivity contribution in [2.45, 2.75) is 12.6 Å². The van der Waals surface area contributed by atoms with Crippen LogP contribution in [-0.2, 0) is 10.9 Å². The van der Waals surface area contributed by atoms with E-state index in [1.54, 1.807) is 6.07 Å². The third kappa shape index (κ3) is 3.61. The van der Waals surface area contributed by atoms with Crippen LogP contribution in [0.15, 0.2) is 18.2 Å². The van der Waals surface area contributed by atoms with Crippen molar-refractivity contribution in [3.05, 3.63) is 23.9 Å². The number of nitrogens with two attached hydrogens (primary N) is 1. The molecule has 2 aromatic rings. The van der Waals surface area contributed by atoms with Crippen LogP contribution in [-0.4, -0.2) is 54.3 Å². The van der Waals surface area contributed by atoms with E-state index in [0.29, 0.717) is 38.1 Å². The molecule has 0 aromatic carbocycles. The van der Waals surface area contributed by atoms with Crippen molar-refractivity contribution in [2.24, 2.45) is 0 Å². The van der Waals surface area contributed by atoms with E-state index in [1.165, 1.54) is 12.1 Å². The molecule has 2 saturated heterocycles. The van der Waals surface area contributed by atoms with Crippen molar-refractivity contribution in [1.82, 2.24) is 15.0 Å². The number of hydrogen-bond acceptors (Lipinski definition) is 7. The number of halogens is 3. The molecule has 4 heterocycles. The summed E-state index contributed by atoms with van der Waals surface area (Å²) in [6.07, 6.45) is -3.60. The van der Waals surface area contributed by atoms with E-state index in [1.807, 2.05) is 9.80 Å². The van der Waals surface area contributed by atoms with Gasteiger partial charge in [0.05, 0.1) is 18.9 Å². The van der Waals surface area contributed by atoms with Crippen molar-refractivity contribution >= 4 is 17.6 Å². The summed E-state index contributed by atoms with van der Waals surface area (Å²) in [4.78, 5) is 16.5. The Kier molecular flexibility index (Phi) is 4.50. The number of pyridine rings is 1. The lowest BCUT2D eigenvalue weighted by Crippen LogP contribution is -2.40. The number of nitrogens with zero attached hydrogens (tertiary/aromatic N) is 5. The highest BCUT2D eigenvalue weighted by Crippen LogP contribution is 2.37. The summed E-state index contributed by atoms with van der Waals surface area (Å²) in [5.74, 6) is 0.844. The molecule has 2 fully saturated rings. The molecule has 144 valence electrons. The number of aromatic nitrogens is 3. The molecule has 0 radical (unpaired) electrons. The van der Waals surface area contributed by atoms with E-state index < -0.39 is 11.9 Å². The summed E-state index contributed by atoms with van der Waals surface area (Å²) in [5, 5.41) is 0. The number of ether oxygens (including phenoxy) is 1. The minimum absolute atomic E-state index is 0.101. The fraction of sp³-hybridized carbons (Fsp3) is 0.471. The second-order valence-corrected chi connectivity index (χ2v) is 6.48. The smallest absolute Gasteiger partial charge is 0.384 e. The molecule has 10 heteroatoms. The first-order valence-corrected chi connectivity index (χ1v) is 8.72. The van der Waals surface area contributed by atoms with Gasteiger partial charge in [-0.1, -0.05) is 0 Å². The van der Waals surface area contributed by atoms with Crippen LogP contribution in [0.3, 0.4) is 0 Å². The summed E-state index contributed by atoms with van der Waals surface area (Å²) >= 11 is 0. The van der Waals surface area contributed by atoms with E-state index in [9.17, 15) is 13.2 Å². The standard InChI is InChI=1S/C17H19F3N6O/c18-17(19,20)15-11(2-3-13(21)23-15)12-10-14(25-4-1-5-25)24-16(22-12)26-6-8-27-9-7-26/h2-3,10H,1,4-9H2,(H2,21,23). The summed E-state index contributed by atoms with van der Waals surface area (Å²) in [7, 11) is 0. The zero-order valence-electron chi connectivity index (χ0n) is 14.5. The normalized spacial score (nSPS) is 17.7. The minimum atomic E-state index is -4.63. The maximum Gasteiger partial charge on any atom is 0.434 e. The van der Waals surface area contributed by atoms with Crippen LogP contribution in [0.2, 0.25) is 0 Å². The average molecular weight is 380 g/mol. The zero-order chi connectivity index (χ0) is 19.0. The highest BCUT2D eigenvalue weighted by atomic mass is 19.4. The third-order valence-corrected chi connectivity index (χ3v) is 4.64. The molecule has 0 amide bonds. The van der Waals surface area contributed by atoms with Gasteiger partial charge in [-0.3, -0.25) is 0 Å². The van der Waals surface area contributed by atoms with Gasteiger partial charge in [0.1, 0.15) is 11.6 Å². The molecule has 4 rings (SSSR count). The van der Waals surface area contributed by atoms with Gasteiger partial charge in [0, 0.05) is 37.8 Å². The molecule has 0 unspecified atom stereocenters. The van der Waals surface area contributed by atoms with Crippen molar-refractivity contribution in [3.8, 4) is 11.3 Å². The molecule has 2 N–H and O–H groups in total. The second kappa shape index (κ2) is 6.84. The van der Waals surface area contributed by atoms with Gasteiger partial charge in [0.25, 0.3) is 0 Å². The molecule has 0 bridgehead atoms. The molecule has 7 nitrogen and oxygen atoms in total. The summed E-state index contributed by atoms with van der Waals surface area (Å²) in [5.41, 5.74) is 4.53. The van der Waals surface area contributed by atoms with Crippen molar-refractivity contribution in [1.29, 1.82) is 0 Å². The number of alkyl halides is 3. The van der Waals surface area contributed by atoms with E-state index in [0.717, 1.165) is 19.5 Å². The predicted molar refractivity (Wildman–Crippen MR) is 94.5 cm³/mol. The fourth-order valence-electron chi connectivity index (χ4n) is 3.07. The molecule has 27 heavy (non-hydrogen) atoms. The van der Waals surface area contributed by atoms with Crippen LogP contribution in [0.25, 0.3) is 11.3 Å². The topological polar surface area (TPSA) is 80.4 Å². The van der Waals surface area contributed by atoms with Gasteiger partial charge >= 0.3 is 6.18 Å². The molecule has 0 atom stereocenters. The molecule has 2 aliphatic rings. The van der Waals surface area contributed by atoms with Crippen LogP contribution < -0.4 is 15.5 Å². The van der Waals surface area contributed by atoms with Crippen LogP contribution in [0.1, 0.15) is 12.1 Å². The summed E-state index contributed by atoms with van der Waals surface area (Å²) in [6, 6.07) is 4.26. The minimum Gasteiger partial charge on any atom is -0.384 e.